The van der Waals surface area contributed by atoms with E-state index in [1.807, 2.05) is 0 Å². The molecule has 24 rings (SSSR count). The van der Waals surface area contributed by atoms with Crippen molar-refractivity contribution in [2.24, 2.45) is 53.1 Å². The Morgan fingerprint density at radius 1 is 0.222 bits per heavy atom. The molecule has 6 spiro atoms. The van der Waals surface area contributed by atoms with E-state index in [-0.39, 0.29) is 0 Å². The van der Waals surface area contributed by atoms with Crippen LogP contribution >= 0.6 is 0 Å². The van der Waals surface area contributed by atoms with E-state index in [1.54, 1.807) is 66.8 Å². The number of aryl methyl sites for hydroxylation is 15. The molecular formula is C120H144N6+6. The number of rotatable bonds is 6. The van der Waals surface area contributed by atoms with E-state index < -0.39 is 0 Å². The molecule has 6 heterocycles. The molecule has 12 aromatic rings. The van der Waals surface area contributed by atoms with Crippen LogP contribution in [0.25, 0.3) is 67.5 Å². The van der Waals surface area contributed by atoms with Crippen molar-refractivity contribution in [3.8, 4) is 67.5 Å². The fourth-order valence-corrected chi connectivity index (χ4v) is 27.8. The van der Waals surface area contributed by atoms with E-state index in [4.69, 9.17) is 0 Å². The number of nitrogens with zero attached hydrogens (tertiary/aromatic N) is 6. The molecule has 12 aliphatic rings. The first-order chi connectivity index (χ1) is 61.2. The lowest BCUT2D eigenvalue weighted by Crippen LogP contribution is -2.35. The monoisotopic (exact) mass is 1670 g/mol. The van der Waals surface area contributed by atoms with E-state index in [9.17, 15) is 0 Å². The summed E-state index contributed by atoms with van der Waals surface area (Å²) in [7, 11) is 13.2. The van der Waals surface area contributed by atoms with E-state index in [0.29, 0.717) is 32.5 Å². The molecule has 648 valence electrons. The van der Waals surface area contributed by atoms with Gasteiger partial charge in [-0.2, -0.15) is 0 Å². The van der Waals surface area contributed by atoms with Crippen LogP contribution < -0.4 is 27.4 Å². The van der Waals surface area contributed by atoms with Crippen molar-refractivity contribution in [3.63, 3.8) is 0 Å². The van der Waals surface area contributed by atoms with Gasteiger partial charge in [0, 0.05) is 114 Å². The number of hydrogen-bond donors (Lipinski definition) is 0. The minimum atomic E-state index is 0.478. The fourth-order valence-electron chi connectivity index (χ4n) is 27.8. The van der Waals surface area contributed by atoms with Crippen molar-refractivity contribution >= 4 is 0 Å². The Hall–Kier alpha value is -9.78. The molecule has 6 fully saturated rings. The molecule has 0 bridgehead atoms. The molecule has 0 aliphatic heterocycles. The summed E-state index contributed by atoms with van der Waals surface area (Å²) in [4.78, 5) is 0. The highest BCUT2D eigenvalue weighted by Gasteiger charge is 2.50. The molecule has 0 N–H and O–H groups in total. The standard InChI is InChI=1S/6C20H24N/c1-15-7-3-4-8-17(15)19-18-16(10-14-21(19)2)9-13-20(18)11-5-6-12-20;1-15-7-3-4-8-16(15)19-17-9-13-20(11-5-6-12-20)18(17)10-14-21(19)2;1-15-7-3-4-8-17(15)19-13-18-16(14-21(19)2)9-12-20(18)10-5-6-11-20;1-15-7-3-4-8-17(15)19-18-14-20(10-5-6-11-20)13-16(18)9-12-21(19)2;1-15-7-3-4-8-17(15)19-13-16-9-12-20(10-5-6-11-20)18(16)14-21(19)2;1-15-7-3-4-8-18(15)19-11-16-12-20(9-5-6-10-20)13-17(16)14-21(19)2/h2*3-4,7-8,10,14H,5-6,9,11-13H2,1-2H3;3-4,7-8,13-14H,5-6,9-12H2,1-2H3;3-4,7-9,12H,5-6,10-11,13-14H2,1-2H3;3-4,7-8,13-14H,5-6,9-12H2,1-2H3;3-4,7-8,11,14H,5-6,9-10,12-13H2,1-2H3/q6*+1. The number of pyridine rings is 6. The number of fused-ring (bicyclic) bond motifs is 10. The Labute approximate surface area is 756 Å². The maximum atomic E-state index is 2.51. The maximum Gasteiger partial charge on any atom is 0.216 e. The highest BCUT2D eigenvalue weighted by Crippen LogP contribution is 2.57. The molecular weight excluding hydrogens is 1530 g/mol. The number of aromatic nitrogens is 6. The molecule has 12 aliphatic carbocycles. The zero-order valence-electron chi connectivity index (χ0n) is 78.9. The van der Waals surface area contributed by atoms with Crippen LogP contribution in [0.4, 0.5) is 0 Å². The lowest BCUT2D eigenvalue weighted by Gasteiger charge is -2.25. The predicted molar refractivity (Wildman–Crippen MR) is 517 cm³/mol. The van der Waals surface area contributed by atoms with Gasteiger partial charge in [0.1, 0.15) is 42.3 Å². The highest BCUT2D eigenvalue weighted by atomic mass is 15.0. The number of hydrogen-bond acceptors (Lipinski definition) is 0. The van der Waals surface area contributed by atoms with Gasteiger partial charge in [-0.1, -0.05) is 186 Å². The molecule has 6 heteroatoms. The maximum absolute atomic E-state index is 2.51. The van der Waals surface area contributed by atoms with Gasteiger partial charge in [0.2, 0.25) is 34.2 Å². The van der Waals surface area contributed by atoms with Crippen molar-refractivity contribution in [2.75, 3.05) is 0 Å². The zero-order valence-corrected chi connectivity index (χ0v) is 78.9. The molecule has 0 unspecified atom stereocenters. The third-order valence-corrected chi connectivity index (χ3v) is 34.5. The highest BCUT2D eigenvalue weighted by molar-refractivity contribution is 5.71. The second-order valence-electron chi connectivity index (χ2n) is 42.3. The van der Waals surface area contributed by atoms with Crippen molar-refractivity contribution in [1.82, 2.24) is 0 Å². The summed E-state index contributed by atoms with van der Waals surface area (Å²) in [6.45, 7) is 13.3. The molecule has 0 atom stereocenters. The summed E-state index contributed by atoms with van der Waals surface area (Å²) in [6.07, 6.45) is 63.8. The predicted octanol–water partition coefficient (Wildman–Crippen LogP) is 25.3. The van der Waals surface area contributed by atoms with Gasteiger partial charge in [0.15, 0.2) is 37.2 Å². The van der Waals surface area contributed by atoms with Crippen LogP contribution in [0.15, 0.2) is 219 Å². The summed E-state index contributed by atoms with van der Waals surface area (Å²) in [5.41, 5.74) is 47.8. The Morgan fingerprint density at radius 2 is 0.548 bits per heavy atom. The molecule has 126 heavy (non-hydrogen) atoms. The first kappa shape index (κ1) is 85.6. The van der Waals surface area contributed by atoms with Crippen LogP contribution in [-0.4, -0.2) is 0 Å². The summed E-state index contributed by atoms with van der Waals surface area (Å²) < 4.78 is 14.0. The molecule has 6 saturated carbocycles. The van der Waals surface area contributed by atoms with E-state index in [0.717, 1.165) is 0 Å². The normalized spacial score (nSPS) is 19.1. The van der Waals surface area contributed by atoms with Gasteiger partial charge in [-0.15, -0.1) is 0 Å². The van der Waals surface area contributed by atoms with E-state index in [1.165, 1.54) is 332 Å². The Kier molecular flexibility index (Phi) is 24.0. The minimum absolute atomic E-state index is 0.478. The van der Waals surface area contributed by atoms with Crippen LogP contribution in [0, 0.1) is 52.4 Å². The quantitative estimate of drug-likeness (QED) is 0.148. The van der Waals surface area contributed by atoms with Crippen molar-refractivity contribution in [1.29, 1.82) is 0 Å². The van der Waals surface area contributed by atoms with Crippen LogP contribution in [-0.2, 0) is 115 Å². The van der Waals surface area contributed by atoms with Crippen molar-refractivity contribution in [2.45, 2.75) is 294 Å². The number of benzene rings is 6. The second-order valence-corrected chi connectivity index (χ2v) is 42.3. The second kappa shape index (κ2) is 35.3. The minimum Gasteiger partial charge on any atom is -0.201 e. The van der Waals surface area contributed by atoms with Gasteiger partial charge < -0.3 is 0 Å². The van der Waals surface area contributed by atoms with E-state index >= 15 is 0 Å². The Balaban J connectivity index is 0.0000000987. The summed E-state index contributed by atoms with van der Waals surface area (Å²) in [6, 6.07) is 67.3. The SMILES string of the molecule is Cc1ccccc1-c1c2c(cc[n+]1C)C1(CCCC1)CC2.Cc1ccccc1-c1c2c(cc[n+]1C)CC1(CCCC1)C2.Cc1ccccc1-c1c2c(cc[n+]1C)CCC21CCCC1.Cc1ccccc1-c1cc2c(c[n+]1C)C1(CCCC1)CC2.Cc1ccccc1-c1cc2c(c[n+]1C)CC1(CCCC1)C2.Cc1ccccc1-c1cc2c(c[n+]1C)CCC21CCCC1. The van der Waals surface area contributed by atoms with Crippen LogP contribution in [0.2, 0.25) is 0 Å². The van der Waals surface area contributed by atoms with Gasteiger partial charge in [0.05, 0.1) is 0 Å². The third kappa shape index (κ3) is 16.1. The van der Waals surface area contributed by atoms with Gasteiger partial charge in [0.25, 0.3) is 0 Å². The first-order valence-corrected chi connectivity index (χ1v) is 49.7. The molecule has 6 aromatic carbocycles. The van der Waals surface area contributed by atoms with Gasteiger partial charge in [-0.3, -0.25) is 0 Å². The van der Waals surface area contributed by atoms with Gasteiger partial charge in [-0.05, 0) is 320 Å². The third-order valence-electron chi connectivity index (χ3n) is 34.5. The smallest absolute Gasteiger partial charge is 0.201 e. The van der Waals surface area contributed by atoms with E-state index in [2.05, 4.69) is 330 Å². The zero-order chi connectivity index (χ0) is 86.7. The van der Waals surface area contributed by atoms with Crippen molar-refractivity contribution in [3.05, 3.63) is 319 Å². The lowest BCUT2D eigenvalue weighted by molar-refractivity contribution is -0.661. The molecule has 6 aromatic heterocycles. The van der Waals surface area contributed by atoms with Crippen LogP contribution in [0.5, 0.6) is 0 Å². The fraction of sp³-hybridized carbons (Fsp3) is 0.450. The summed E-state index contributed by atoms with van der Waals surface area (Å²) >= 11 is 0. The van der Waals surface area contributed by atoms with Crippen LogP contribution in [0.1, 0.15) is 280 Å². The Morgan fingerprint density at radius 3 is 1.04 bits per heavy atom. The molecule has 0 radical (unpaired) electrons. The topological polar surface area (TPSA) is 23.3 Å². The summed E-state index contributed by atoms with van der Waals surface area (Å²) in [5.74, 6) is 0. The van der Waals surface area contributed by atoms with Gasteiger partial charge in [-0.25, -0.2) is 27.4 Å². The Bertz CT molecular complexity index is 6050. The average Bonchev–Trinajstić information content (AvgIpc) is 1.66. The first-order valence-electron chi connectivity index (χ1n) is 49.7. The molecule has 6 nitrogen and oxygen atoms in total. The largest absolute Gasteiger partial charge is 0.216 e. The van der Waals surface area contributed by atoms with Gasteiger partial charge >= 0.3 is 0 Å². The molecule has 0 amide bonds. The molecule has 0 saturated heterocycles. The summed E-state index contributed by atoms with van der Waals surface area (Å²) in [5, 5.41) is 0. The average molecular weight is 1670 g/mol. The van der Waals surface area contributed by atoms with Crippen LogP contribution in [0.3, 0.4) is 0 Å². The van der Waals surface area contributed by atoms with Crippen molar-refractivity contribution < 1.29 is 27.4 Å². The lowest BCUT2D eigenvalue weighted by atomic mass is 9.78.